The number of hydrogen-bond donors (Lipinski definition) is 6. The second-order valence-corrected chi connectivity index (χ2v) is 5.75. The maximum atomic E-state index is 12.9. The van der Waals surface area contributed by atoms with Crippen LogP contribution in [0.2, 0.25) is 0 Å². The molecule has 0 unspecified atom stereocenters. The Balaban J connectivity index is 1.98. The van der Waals surface area contributed by atoms with Crippen molar-refractivity contribution in [1.82, 2.24) is 0 Å². The van der Waals surface area contributed by atoms with Gasteiger partial charge in [0.2, 0.25) is 0 Å². The first-order valence-electron chi connectivity index (χ1n) is 7.41. The number of halogens is 1. The summed E-state index contributed by atoms with van der Waals surface area (Å²) >= 11 is 0. The summed E-state index contributed by atoms with van der Waals surface area (Å²) in [6.45, 7) is -1.49. The van der Waals surface area contributed by atoms with Crippen LogP contribution in [-0.4, -0.2) is 112 Å². The monoisotopic (exact) mass is 358 g/mol. The number of hydrogen-bond acceptors (Lipinski definition) is 10. The molecule has 0 aromatic carbocycles. The Bertz CT molecular complexity index is 401. The average molecular weight is 358 g/mol. The highest BCUT2D eigenvalue weighted by Gasteiger charge is 2.47. The predicted octanol–water partition coefficient (Wildman–Crippen LogP) is -3.77. The number of methoxy groups -OCH3 is 1. The van der Waals surface area contributed by atoms with Gasteiger partial charge in [0.1, 0.15) is 55.5 Å². The van der Waals surface area contributed by atoms with Crippen LogP contribution in [0, 0.1) is 0 Å². The summed E-state index contributed by atoms with van der Waals surface area (Å²) < 4.78 is 33.3. The summed E-state index contributed by atoms with van der Waals surface area (Å²) in [5.41, 5.74) is 0. The molecule has 10 nitrogen and oxygen atoms in total. The van der Waals surface area contributed by atoms with Gasteiger partial charge in [-0.3, -0.25) is 0 Å². The smallest absolute Gasteiger partial charge is 0.187 e. The first kappa shape index (κ1) is 19.8. The van der Waals surface area contributed by atoms with Crippen LogP contribution in [-0.2, 0) is 18.9 Å². The van der Waals surface area contributed by atoms with Gasteiger partial charge in [-0.25, -0.2) is 4.39 Å². The molecule has 142 valence electrons. The van der Waals surface area contributed by atoms with Crippen molar-refractivity contribution in [3.63, 3.8) is 0 Å². The zero-order valence-corrected chi connectivity index (χ0v) is 12.9. The highest BCUT2D eigenvalue weighted by Crippen LogP contribution is 2.26. The van der Waals surface area contributed by atoms with Crippen molar-refractivity contribution in [2.45, 2.75) is 61.4 Å². The van der Waals surface area contributed by atoms with Gasteiger partial charge in [0, 0.05) is 7.11 Å². The Morgan fingerprint density at radius 1 is 0.833 bits per heavy atom. The standard InChI is InChI=1S/C13H23FO10/c1-21-11-9(18)6(15)4(2-14)24-13(11)22-3-5-7(16)8(17)10(19)12(20)23-5/h4-13,15-20H,2-3H2,1H3/t4-,5-,6-,7-,8+,9+,10+,11+,12+,13+/m1/s1. The molecule has 2 saturated heterocycles. The molecular formula is C13H23FO10. The summed E-state index contributed by atoms with van der Waals surface area (Å²) in [4.78, 5) is 0. The summed E-state index contributed by atoms with van der Waals surface area (Å²) in [5.74, 6) is 0. The van der Waals surface area contributed by atoms with E-state index in [0.29, 0.717) is 0 Å². The number of ether oxygens (including phenoxy) is 4. The van der Waals surface area contributed by atoms with E-state index < -0.39 is 74.7 Å². The first-order valence-corrected chi connectivity index (χ1v) is 7.41. The third kappa shape index (κ3) is 3.85. The Morgan fingerprint density at radius 2 is 1.46 bits per heavy atom. The van der Waals surface area contributed by atoms with E-state index in [1.807, 2.05) is 0 Å². The SMILES string of the molecule is CO[C@@H]1[C@@H](OC[C@H]2O[C@H](O)[C@@H](O)[C@@H](O)[C@@H]2O)O[C@H](CF)[C@@H](O)[C@@H]1O. The Labute approximate surface area is 136 Å². The molecule has 24 heavy (non-hydrogen) atoms. The van der Waals surface area contributed by atoms with E-state index >= 15 is 0 Å². The first-order chi connectivity index (χ1) is 11.3. The predicted molar refractivity (Wildman–Crippen MR) is 72.3 cm³/mol. The molecule has 0 spiro atoms. The minimum Gasteiger partial charge on any atom is -0.387 e. The largest absolute Gasteiger partial charge is 0.387 e. The molecule has 0 bridgehead atoms. The van der Waals surface area contributed by atoms with Crippen molar-refractivity contribution in [3.05, 3.63) is 0 Å². The molecule has 2 heterocycles. The number of alkyl halides is 1. The quantitative estimate of drug-likeness (QED) is 0.288. The van der Waals surface area contributed by atoms with Crippen LogP contribution < -0.4 is 0 Å². The van der Waals surface area contributed by atoms with E-state index in [-0.39, 0.29) is 0 Å². The molecule has 2 aliphatic rings. The molecule has 2 fully saturated rings. The second kappa shape index (κ2) is 8.27. The average Bonchev–Trinajstić information content (AvgIpc) is 2.57. The molecule has 2 aliphatic heterocycles. The maximum Gasteiger partial charge on any atom is 0.187 e. The minimum atomic E-state index is -1.73. The minimum absolute atomic E-state index is 0.422. The summed E-state index contributed by atoms with van der Waals surface area (Å²) in [7, 11) is 1.23. The van der Waals surface area contributed by atoms with Crippen molar-refractivity contribution in [3.8, 4) is 0 Å². The molecule has 2 rings (SSSR count). The van der Waals surface area contributed by atoms with Gasteiger partial charge >= 0.3 is 0 Å². The second-order valence-electron chi connectivity index (χ2n) is 5.75. The van der Waals surface area contributed by atoms with E-state index in [1.165, 1.54) is 7.11 Å². The third-order valence-corrected chi connectivity index (χ3v) is 4.18. The lowest BCUT2D eigenvalue weighted by Crippen LogP contribution is -2.61. The zero-order chi connectivity index (χ0) is 18.0. The van der Waals surface area contributed by atoms with E-state index in [0.717, 1.165) is 0 Å². The van der Waals surface area contributed by atoms with Crippen molar-refractivity contribution < 1.29 is 54.0 Å². The number of aliphatic hydroxyl groups is 6. The van der Waals surface area contributed by atoms with E-state index in [4.69, 9.17) is 18.9 Å². The molecule has 10 atom stereocenters. The van der Waals surface area contributed by atoms with Crippen LogP contribution in [0.1, 0.15) is 0 Å². The molecule has 11 heteroatoms. The van der Waals surface area contributed by atoms with Gasteiger partial charge < -0.3 is 49.6 Å². The van der Waals surface area contributed by atoms with E-state index in [2.05, 4.69) is 0 Å². The molecule has 0 radical (unpaired) electrons. The van der Waals surface area contributed by atoms with Crippen molar-refractivity contribution in [1.29, 1.82) is 0 Å². The molecule has 0 amide bonds. The van der Waals surface area contributed by atoms with Gasteiger partial charge in [0.15, 0.2) is 12.6 Å². The molecule has 0 aromatic heterocycles. The summed E-state index contributed by atoms with van der Waals surface area (Å²) in [5, 5.41) is 57.9. The Morgan fingerprint density at radius 3 is 2.04 bits per heavy atom. The van der Waals surface area contributed by atoms with Crippen molar-refractivity contribution in [2.75, 3.05) is 20.4 Å². The molecular weight excluding hydrogens is 335 g/mol. The fraction of sp³-hybridized carbons (Fsp3) is 1.00. The highest BCUT2D eigenvalue weighted by molar-refractivity contribution is 4.91. The summed E-state index contributed by atoms with van der Waals surface area (Å²) in [6, 6.07) is 0. The zero-order valence-electron chi connectivity index (χ0n) is 12.9. The fourth-order valence-corrected chi connectivity index (χ4v) is 2.68. The molecule has 0 aromatic rings. The Kier molecular flexibility index (Phi) is 6.84. The third-order valence-electron chi connectivity index (χ3n) is 4.18. The Hall–Kier alpha value is -0.470. The van der Waals surface area contributed by atoms with Crippen LogP contribution in [0.25, 0.3) is 0 Å². The van der Waals surface area contributed by atoms with Crippen LogP contribution in [0.4, 0.5) is 4.39 Å². The number of rotatable bonds is 5. The summed E-state index contributed by atoms with van der Waals surface area (Å²) in [6.07, 6.45) is -14.6. The van der Waals surface area contributed by atoms with Crippen molar-refractivity contribution in [2.24, 2.45) is 0 Å². The highest BCUT2D eigenvalue weighted by atomic mass is 19.1. The maximum absolute atomic E-state index is 12.9. The van der Waals surface area contributed by atoms with E-state index in [1.54, 1.807) is 0 Å². The lowest BCUT2D eigenvalue weighted by atomic mass is 9.98. The van der Waals surface area contributed by atoms with Crippen LogP contribution >= 0.6 is 0 Å². The molecule has 0 saturated carbocycles. The normalized spacial score (nSPS) is 50.0. The van der Waals surface area contributed by atoms with Gasteiger partial charge in [-0.15, -0.1) is 0 Å². The van der Waals surface area contributed by atoms with E-state index in [9.17, 15) is 35.0 Å². The van der Waals surface area contributed by atoms with Gasteiger partial charge in [-0.1, -0.05) is 0 Å². The topological polar surface area (TPSA) is 158 Å². The lowest BCUT2D eigenvalue weighted by Gasteiger charge is -2.42. The van der Waals surface area contributed by atoms with Gasteiger partial charge in [0.05, 0.1) is 6.61 Å². The van der Waals surface area contributed by atoms with Crippen molar-refractivity contribution >= 4 is 0 Å². The molecule has 0 aliphatic carbocycles. The number of aliphatic hydroxyl groups excluding tert-OH is 6. The van der Waals surface area contributed by atoms with Crippen LogP contribution in [0.5, 0.6) is 0 Å². The fourth-order valence-electron chi connectivity index (χ4n) is 2.68. The molecule has 6 N–H and O–H groups in total. The lowest BCUT2D eigenvalue weighted by molar-refractivity contribution is -0.327. The van der Waals surface area contributed by atoms with Gasteiger partial charge in [-0.2, -0.15) is 0 Å². The van der Waals surface area contributed by atoms with Crippen LogP contribution in [0.15, 0.2) is 0 Å². The van der Waals surface area contributed by atoms with Gasteiger partial charge in [-0.05, 0) is 0 Å². The van der Waals surface area contributed by atoms with Crippen LogP contribution in [0.3, 0.4) is 0 Å². The van der Waals surface area contributed by atoms with Gasteiger partial charge in [0.25, 0.3) is 0 Å².